The molecule has 0 spiro atoms. The van der Waals surface area contributed by atoms with Crippen molar-refractivity contribution in [2.45, 2.75) is 0 Å². The Balaban J connectivity index is 1.71. The number of thiophene rings is 1. The number of likely N-dealkylation sites (N-methyl/N-ethyl adjacent to an activating group) is 1. The largest absolute Gasteiger partial charge is 0.497 e. The summed E-state index contributed by atoms with van der Waals surface area (Å²) in [5.41, 5.74) is 2.55. The lowest BCUT2D eigenvalue weighted by atomic mass is 10.1. The van der Waals surface area contributed by atoms with Crippen molar-refractivity contribution in [2.75, 3.05) is 45.7 Å². The van der Waals surface area contributed by atoms with Crippen LogP contribution in [0.25, 0.3) is 10.1 Å². The highest BCUT2D eigenvalue weighted by atomic mass is 32.1. The van der Waals surface area contributed by atoms with Gasteiger partial charge in [-0.3, -0.25) is 0 Å². The summed E-state index contributed by atoms with van der Waals surface area (Å²) in [4.78, 5) is 9.67. The highest BCUT2D eigenvalue weighted by molar-refractivity contribution is 7.23. The van der Waals surface area contributed by atoms with E-state index in [0.29, 0.717) is 5.69 Å². The number of aliphatic imine (C=N–C) groups is 1. The molecule has 0 radical (unpaired) electrons. The second-order valence-corrected chi connectivity index (χ2v) is 8.23. The van der Waals surface area contributed by atoms with Crippen molar-refractivity contribution in [3.8, 4) is 5.75 Å². The number of hydrogen-bond acceptors (Lipinski definition) is 6. The highest BCUT2D eigenvalue weighted by Gasteiger charge is 2.27. The average molecular weight is 396 g/mol. The van der Waals surface area contributed by atoms with Crippen LogP contribution in [0.1, 0.15) is 5.56 Å². The first kappa shape index (κ1) is 17.5. The van der Waals surface area contributed by atoms with Gasteiger partial charge in [-0.15, -0.1) is 11.3 Å². The van der Waals surface area contributed by atoms with Gasteiger partial charge in [0.2, 0.25) is 0 Å². The minimum Gasteiger partial charge on any atom is -0.497 e. The Morgan fingerprint density at radius 3 is 2.71 bits per heavy atom. The Labute approximate surface area is 167 Å². The zero-order valence-electron chi connectivity index (χ0n) is 15.8. The zero-order valence-corrected chi connectivity index (χ0v) is 16.6. The molecule has 0 saturated carbocycles. The van der Waals surface area contributed by atoms with Crippen molar-refractivity contribution in [2.24, 2.45) is 4.99 Å². The minimum atomic E-state index is -0.270. The molecule has 2 aliphatic rings. The summed E-state index contributed by atoms with van der Waals surface area (Å²) in [6.45, 7) is 3.82. The monoisotopic (exact) mass is 396 g/mol. The van der Waals surface area contributed by atoms with Gasteiger partial charge in [-0.05, 0) is 43.4 Å². The Bertz CT molecular complexity index is 1090. The fourth-order valence-corrected chi connectivity index (χ4v) is 4.90. The first-order valence-electron chi connectivity index (χ1n) is 9.32. The molecule has 5 nitrogen and oxygen atoms in total. The SMILES string of the molecule is COc1ccc2c3c(sc2c1)Nc1cc(F)ccc1N=C3N1CCN(C)CC1. The molecule has 7 heteroatoms. The first-order valence-corrected chi connectivity index (χ1v) is 10.1. The van der Waals surface area contributed by atoms with Gasteiger partial charge in [0.1, 0.15) is 22.4 Å². The number of ether oxygens (including phenoxy) is 1. The van der Waals surface area contributed by atoms with Gasteiger partial charge in [0.05, 0.1) is 24.0 Å². The number of anilines is 2. The van der Waals surface area contributed by atoms with E-state index in [1.807, 2.05) is 12.1 Å². The van der Waals surface area contributed by atoms with Gasteiger partial charge in [-0.25, -0.2) is 9.38 Å². The van der Waals surface area contributed by atoms with E-state index in [1.54, 1.807) is 24.5 Å². The Kier molecular flexibility index (Phi) is 4.21. The number of hydrogen-bond donors (Lipinski definition) is 1. The third kappa shape index (κ3) is 2.91. The fourth-order valence-electron chi connectivity index (χ4n) is 3.76. The number of benzene rings is 2. The van der Waals surface area contributed by atoms with Gasteiger partial charge < -0.3 is 19.9 Å². The molecule has 0 bridgehead atoms. The van der Waals surface area contributed by atoms with Gasteiger partial charge in [-0.1, -0.05) is 0 Å². The van der Waals surface area contributed by atoms with E-state index in [0.717, 1.165) is 64.1 Å². The summed E-state index contributed by atoms with van der Waals surface area (Å²) in [7, 11) is 3.82. The van der Waals surface area contributed by atoms with Crippen LogP contribution in [0, 0.1) is 5.82 Å². The third-order valence-electron chi connectivity index (χ3n) is 5.36. The molecule has 3 heterocycles. The molecule has 0 aliphatic carbocycles. The zero-order chi connectivity index (χ0) is 19.3. The molecule has 2 aromatic carbocycles. The summed E-state index contributed by atoms with van der Waals surface area (Å²) in [5, 5.41) is 5.56. The molecule has 3 aromatic rings. The first-order chi connectivity index (χ1) is 13.6. The maximum atomic E-state index is 13.9. The van der Waals surface area contributed by atoms with Crippen molar-refractivity contribution >= 4 is 43.6 Å². The predicted molar refractivity (Wildman–Crippen MR) is 113 cm³/mol. The van der Waals surface area contributed by atoms with Crippen LogP contribution in [-0.2, 0) is 0 Å². The topological polar surface area (TPSA) is 40.1 Å². The number of amidine groups is 1. The average Bonchev–Trinajstić information content (AvgIpc) is 2.97. The lowest BCUT2D eigenvalue weighted by molar-refractivity contribution is 0.216. The van der Waals surface area contributed by atoms with Gasteiger partial charge in [0.15, 0.2) is 0 Å². The molecule has 28 heavy (non-hydrogen) atoms. The summed E-state index contributed by atoms with van der Waals surface area (Å²) in [5.74, 6) is 1.51. The van der Waals surface area contributed by atoms with Gasteiger partial charge in [-0.2, -0.15) is 0 Å². The van der Waals surface area contributed by atoms with E-state index < -0.39 is 0 Å². The van der Waals surface area contributed by atoms with Crippen LogP contribution in [-0.4, -0.2) is 56.0 Å². The van der Waals surface area contributed by atoms with Crippen LogP contribution in [0.2, 0.25) is 0 Å². The number of piperazine rings is 1. The van der Waals surface area contributed by atoms with Gasteiger partial charge in [0, 0.05) is 36.3 Å². The number of halogens is 1. The molecule has 1 aromatic heterocycles. The van der Waals surface area contributed by atoms with Crippen LogP contribution in [0.5, 0.6) is 5.75 Å². The minimum absolute atomic E-state index is 0.270. The second-order valence-electron chi connectivity index (χ2n) is 7.18. The number of rotatable bonds is 1. The molecule has 1 saturated heterocycles. The van der Waals surface area contributed by atoms with Crippen LogP contribution in [0.3, 0.4) is 0 Å². The van der Waals surface area contributed by atoms with Crippen molar-refractivity contribution in [1.29, 1.82) is 0 Å². The molecule has 1 fully saturated rings. The smallest absolute Gasteiger partial charge is 0.140 e. The molecule has 144 valence electrons. The van der Waals surface area contributed by atoms with Crippen LogP contribution in [0.4, 0.5) is 20.8 Å². The molecule has 2 aliphatic heterocycles. The molecule has 1 N–H and O–H groups in total. The lowest BCUT2D eigenvalue weighted by Crippen LogP contribution is -2.47. The number of methoxy groups -OCH3 is 1. The van der Waals surface area contributed by atoms with Crippen molar-refractivity contribution in [3.63, 3.8) is 0 Å². The lowest BCUT2D eigenvalue weighted by Gasteiger charge is -2.34. The second kappa shape index (κ2) is 6.76. The number of nitrogens with one attached hydrogen (secondary N) is 1. The molecular formula is C21H21FN4OS. The van der Waals surface area contributed by atoms with Crippen LogP contribution in [0.15, 0.2) is 41.4 Å². The van der Waals surface area contributed by atoms with Crippen molar-refractivity contribution < 1.29 is 9.13 Å². The summed E-state index contributed by atoms with van der Waals surface area (Å²) < 4.78 is 20.4. The third-order valence-corrected chi connectivity index (χ3v) is 6.42. The summed E-state index contributed by atoms with van der Waals surface area (Å²) >= 11 is 1.65. The number of nitrogens with zero attached hydrogens (tertiary/aromatic N) is 3. The number of fused-ring (bicyclic) bond motifs is 4. The predicted octanol–water partition coefficient (Wildman–Crippen LogP) is 4.43. The van der Waals surface area contributed by atoms with Crippen molar-refractivity contribution in [3.05, 3.63) is 47.8 Å². The molecule has 0 unspecified atom stereocenters. The van der Waals surface area contributed by atoms with Gasteiger partial charge >= 0.3 is 0 Å². The fraction of sp³-hybridized carbons (Fsp3) is 0.286. The molecule has 5 rings (SSSR count). The maximum absolute atomic E-state index is 13.9. The summed E-state index contributed by atoms with van der Waals surface area (Å²) in [6.07, 6.45) is 0. The van der Waals surface area contributed by atoms with E-state index in [1.165, 1.54) is 12.1 Å². The standard InChI is InChI=1S/C21H21FN4OS/c1-25-7-9-26(10-8-25)20-19-15-5-4-14(27-2)12-18(15)28-21(19)24-17-11-13(22)3-6-16(17)23-20/h3-6,11-12,24H,7-10H2,1-2H3. The van der Waals surface area contributed by atoms with Gasteiger partial charge in [0.25, 0.3) is 0 Å². The van der Waals surface area contributed by atoms with Crippen LogP contribution >= 0.6 is 11.3 Å². The molecular weight excluding hydrogens is 375 g/mol. The van der Waals surface area contributed by atoms with E-state index in [9.17, 15) is 4.39 Å². The van der Waals surface area contributed by atoms with Crippen molar-refractivity contribution in [1.82, 2.24) is 9.80 Å². The van der Waals surface area contributed by atoms with Crippen LogP contribution < -0.4 is 10.1 Å². The Morgan fingerprint density at radius 2 is 1.93 bits per heavy atom. The highest BCUT2D eigenvalue weighted by Crippen LogP contribution is 2.44. The Morgan fingerprint density at radius 1 is 1.11 bits per heavy atom. The Hall–Kier alpha value is -2.64. The van der Waals surface area contributed by atoms with E-state index >= 15 is 0 Å². The normalized spacial score (nSPS) is 16.8. The molecule has 0 amide bonds. The van der Waals surface area contributed by atoms with E-state index in [-0.39, 0.29) is 5.82 Å². The quantitative estimate of drug-likeness (QED) is 0.661. The summed E-state index contributed by atoms with van der Waals surface area (Å²) in [6, 6.07) is 10.8. The van der Waals surface area contributed by atoms with E-state index in [2.05, 4.69) is 28.2 Å². The van der Waals surface area contributed by atoms with E-state index in [4.69, 9.17) is 9.73 Å². The maximum Gasteiger partial charge on any atom is 0.140 e. The molecule has 0 atom stereocenters.